The van der Waals surface area contributed by atoms with E-state index in [0.29, 0.717) is 5.75 Å². The van der Waals surface area contributed by atoms with E-state index in [4.69, 9.17) is 5.11 Å². The van der Waals surface area contributed by atoms with Crippen molar-refractivity contribution in [1.29, 1.82) is 0 Å². The second-order valence-corrected chi connectivity index (χ2v) is 8.63. The molecule has 1 aliphatic heterocycles. The Bertz CT molecular complexity index is 628. The zero-order chi connectivity index (χ0) is 15.6. The molecule has 0 radical (unpaired) electrons. The molecule has 0 saturated carbocycles. The van der Waals surface area contributed by atoms with Gasteiger partial charge in [0.1, 0.15) is 10.3 Å². The summed E-state index contributed by atoms with van der Waals surface area (Å²) in [5.74, 6) is -0.988. The smallest absolute Gasteiger partial charge is 0.327 e. The van der Waals surface area contributed by atoms with Crippen molar-refractivity contribution in [3.05, 3.63) is 17.5 Å². The fourth-order valence-corrected chi connectivity index (χ4v) is 5.32. The van der Waals surface area contributed by atoms with Gasteiger partial charge in [-0.15, -0.1) is 23.1 Å². The fraction of sp³-hybridized carbons (Fsp3) is 0.455. The number of nitrogens with zero attached hydrogens (tertiary/aromatic N) is 2. The molecule has 1 aliphatic rings. The SMILES string of the molecule is CN(CC(=O)N1CSCC1C(=O)O)S(=O)(=O)c1cccs1. The van der Waals surface area contributed by atoms with Gasteiger partial charge in [-0.3, -0.25) is 4.79 Å². The van der Waals surface area contributed by atoms with Crippen LogP contribution in [0.25, 0.3) is 0 Å². The normalized spacial score (nSPS) is 19.1. The van der Waals surface area contributed by atoms with Gasteiger partial charge in [-0.25, -0.2) is 13.2 Å². The molecule has 116 valence electrons. The van der Waals surface area contributed by atoms with Crippen LogP contribution < -0.4 is 0 Å². The molecular weight excluding hydrogens is 336 g/mol. The number of sulfonamides is 1. The van der Waals surface area contributed by atoms with Gasteiger partial charge >= 0.3 is 5.97 Å². The van der Waals surface area contributed by atoms with Crippen molar-refractivity contribution in [2.75, 3.05) is 25.2 Å². The summed E-state index contributed by atoms with van der Waals surface area (Å²) in [4.78, 5) is 24.4. The van der Waals surface area contributed by atoms with Crippen molar-refractivity contribution in [2.24, 2.45) is 0 Å². The number of aliphatic carboxylic acids is 1. The first-order valence-corrected chi connectivity index (χ1v) is 9.41. The maximum atomic E-state index is 12.2. The molecule has 7 nitrogen and oxygen atoms in total. The summed E-state index contributed by atoms with van der Waals surface area (Å²) in [6.07, 6.45) is 0. The number of likely N-dealkylation sites (N-methyl/N-ethyl adjacent to an activating group) is 1. The predicted molar refractivity (Wildman–Crippen MR) is 79.7 cm³/mol. The Morgan fingerprint density at radius 1 is 1.52 bits per heavy atom. The maximum Gasteiger partial charge on any atom is 0.327 e. The van der Waals surface area contributed by atoms with E-state index < -0.39 is 27.9 Å². The third kappa shape index (κ3) is 3.39. The van der Waals surface area contributed by atoms with Crippen LogP contribution in [0.1, 0.15) is 0 Å². The second kappa shape index (κ2) is 6.34. The Kier molecular flexibility index (Phi) is 4.91. The van der Waals surface area contributed by atoms with Crippen LogP contribution in [0.2, 0.25) is 0 Å². The van der Waals surface area contributed by atoms with Crippen molar-refractivity contribution in [2.45, 2.75) is 10.3 Å². The van der Waals surface area contributed by atoms with Gasteiger partial charge in [-0.1, -0.05) is 6.07 Å². The lowest BCUT2D eigenvalue weighted by Gasteiger charge is -2.23. The molecule has 0 spiro atoms. The van der Waals surface area contributed by atoms with E-state index in [0.717, 1.165) is 15.6 Å². The predicted octanol–water partition coefficient (Wildman–Crippen LogP) is 0.355. The number of thioether (sulfide) groups is 1. The molecule has 2 heterocycles. The van der Waals surface area contributed by atoms with E-state index in [1.165, 1.54) is 29.8 Å². The summed E-state index contributed by atoms with van der Waals surface area (Å²) in [5.41, 5.74) is 0. The molecule has 2 rings (SSSR count). The highest BCUT2D eigenvalue weighted by atomic mass is 32.2. The molecule has 1 aromatic rings. The minimum absolute atomic E-state index is 0.156. The van der Waals surface area contributed by atoms with E-state index in [1.807, 2.05) is 0 Å². The Labute approximate surface area is 130 Å². The van der Waals surface area contributed by atoms with Gasteiger partial charge in [0.05, 0.1) is 12.4 Å². The third-order valence-corrected chi connectivity index (χ3v) is 7.19. The molecule has 1 unspecified atom stereocenters. The molecule has 0 aromatic carbocycles. The highest BCUT2D eigenvalue weighted by molar-refractivity contribution is 7.99. The van der Waals surface area contributed by atoms with Crippen molar-refractivity contribution in [3.8, 4) is 0 Å². The summed E-state index contributed by atoms with van der Waals surface area (Å²) in [5, 5.41) is 10.7. The summed E-state index contributed by atoms with van der Waals surface area (Å²) < 4.78 is 25.5. The lowest BCUT2D eigenvalue weighted by molar-refractivity contribution is -0.147. The third-order valence-electron chi connectivity index (χ3n) is 3.01. The Balaban J connectivity index is 2.07. The van der Waals surface area contributed by atoms with E-state index >= 15 is 0 Å². The van der Waals surface area contributed by atoms with Crippen molar-refractivity contribution in [1.82, 2.24) is 9.21 Å². The number of hydrogen-bond donors (Lipinski definition) is 1. The summed E-state index contributed by atoms with van der Waals surface area (Å²) in [6.45, 7) is -0.370. The zero-order valence-electron chi connectivity index (χ0n) is 11.1. The van der Waals surface area contributed by atoms with Gasteiger partial charge < -0.3 is 10.0 Å². The number of carboxylic acids is 1. The molecule has 21 heavy (non-hydrogen) atoms. The van der Waals surface area contributed by atoms with Crippen LogP contribution >= 0.6 is 23.1 Å². The highest BCUT2D eigenvalue weighted by Crippen LogP contribution is 2.23. The first kappa shape index (κ1) is 16.3. The highest BCUT2D eigenvalue weighted by Gasteiger charge is 2.36. The van der Waals surface area contributed by atoms with Gasteiger partial charge in [0.25, 0.3) is 10.0 Å². The van der Waals surface area contributed by atoms with Gasteiger partial charge in [0.2, 0.25) is 5.91 Å². The Morgan fingerprint density at radius 3 is 2.81 bits per heavy atom. The number of amides is 1. The van der Waals surface area contributed by atoms with Crippen LogP contribution in [0.15, 0.2) is 21.7 Å². The van der Waals surface area contributed by atoms with E-state index in [-0.39, 0.29) is 16.6 Å². The number of rotatable bonds is 5. The molecule has 0 aliphatic carbocycles. The van der Waals surface area contributed by atoms with Crippen LogP contribution in [0, 0.1) is 0 Å². The van der Waals surface area contributed by atoms with Crippen molar-refractivity contribution in [3.63, 3.8) is 0 Å². The summed E-state index contributed by atoms with van der Waals surface area (Å²) in [7, 11) is -2.40. The fourth-order valence-electron chi connectivity index (χ4n) is 1.82. The van der Waals surface area contributed by atoms with Gasteiger partial charge in [0.15, 0.2) is 0 Å². The van der Waals surface area contributed by atoms with Crippen LogP contribution in [0.3, 0.4) is 0 Å². The molecule has 1 aromatic heterocycles. The Hall–Kier alpha value is -1.10. The van der Waals surface area contributed by atoms with E-state index in [9.17, 15) is 18.0 Å². The largest absolute Gasteiger partial charge is 0.480 e. The van der Waals surface area contributed by atoms with E-state index in [2.05, 4.69) is 0 Å². The van der Waals surface area contributed by atoms with Gasteiger partial charge in [0, 0.05) is 12.8 Å². The molecular formula is C11H14N2O5S3. The first-order valence-electron chi connectivity index (χ1n) is 5.94. The van der Waals surface area contributed by atoms with Gasteiger partial charge in [-0.2, -0.15) is 4.31 Å². The van der Waals surface area contributed by atoms with Crippen LogP contribution in [-0.4, -0.2) is 65.9 Å². The number of carbonyl (C=O) groups is 2. The number of carboxylic acid groups (broad SMARTS) is 1. The van der Waals surface area contributed by atoms with Crippen LogP contribution in [0.5, 0.6) is 0 Å². The standard InChI is InChI=1S/C11H14N2O5S3/c1-12(21(17,18)10-3-2-4-20-10)5-9(14)13-7-19-6-8(13)11(15)16/h2-4,8H,5-7H2,1H3,(H,15,16). The zero-order valence-corrected chi connectivity index (χ0v) is 13.6. The average molecular weight is 350 g/mol. The molecule has 10 heteroatoms. The lowest BCUT2D eigenvalue weighted by atomic mass is 10.3. The second-order valence-electron chi connectivity index (χ2n) is 4.41. The monoisotopic (exact) mass is 350 g/mol. The molecule has 1 N–H and O–H groups in total. The van der Waals surface area contributed by atoms with Crippen molar-refractivity contribution < 1.29 is 23.1 Å². The molecule has 1 fully saturated rings. The first-order chi connectivity index (χ1) is 9.84. The van der Waals surface area contributed by atoms with Gasteiger partial charge in [-0.05, 0) is 11.4 Å². The summed E-state index contributed by atoms with van der Waals surface area (Å²) in [6, 6.07) is 2.19. The minimum Gasteiger partial charge on any atom is -0.480 e. The number of hydrogen-bond acceptors (Lipinski definition) is 6. The van der Waals surface area contributed by atoms with Crippen molar-refractivity contribution >= 4 is 45.0 Å². The molecule has 0 bridgehead atoms. The van der Waals surface area contributed by atoms with E-state index in [1.54, 1.807) is 11.4 Å². The van der Waals surface area contributed by atoms with Crippen LogP contribution in [-0.2, 0) is 19.6 Å². The molecule has 1 saturated heterocycles. The molecule has 1 amide bonds. The lowest BCUT2D eigenvalue weighted by Crippen LogP contribution is -2.46. The van der Waals surface area contributed by atoms with Crippen LogP contribution in [0.4, 0.5) is 0 Å². The number of thiophene rings is 1. The Morgan fingerprint density at radius 2 is 2.24 bits per heavy atom. The summed E-state index contributed by atoms with van der Waals surface area (Å²) >= 11 is 2.41. The number of carbonyl (C=O) groups excluding carboxylic acids is 1. The maximum absolute atomic E-state index is 12.2. The quantitative estimate of drug-likeness (QED) is 0.824. The topological polar surface area (TPSA) is 95.0 Å². The average Bonchev–Trinajstić information content (AvgIpc) is 3.09. The minimum atomic E-state index is -3.71. The molecule has 1 atom stereocenters.